The van der Waals surface area contributed by atoms with Crippen LogP contribution in [0.5, 0.6) is 0 Å². The van der Waals surface area contributed by atoms with E-state index in [1.165, 1.54) is 51.4 Å². The molecule has 1 aromatic rings. The zero-order valence-corrected chi connectivity index (χ0v) is 15.4. The van der Waals surface area contributed by atoms with Gasteiger partial charge in [0.1, 0.15) is 0 Å². The monoisotopic (exact) mass is 327 g/mol. The van der Waals surface area contributed by atoms with E-state index < -0.39 is 0 Å². The first kappa shape index (κ1) is 20.3. The number of rotatable bonds is 11. The zero-order valence-electron chi connectivity index (χ0n) is 15.4. The second-order valence-electron chi connectivity index (χ2n) is 6.49. The number of benzene rings is 1. The summed E-state index contributed by atoms with van der Waals surface area (Å²) >= 11 is 0. The molecule has 0 aliphatic heterocycles. The van der Waals surface area contributed by atoms with Crippen LogP contribution in [0, 0.1) is 11.8 Å². The van der Waals surface area contributed by atoms with Crippen LogP contribution in [0.3, 0.4) is 0 Å². The molecular formula is C22H33NO. The topological polar surface area (TPSA) is 29.1 Å². The van der Waals surface area contributed by atoms with Crippen LogP contribution in [-0.2, 0) is 4.79 Å². The molecule has 1 N–H and O–H groups in total. The fourth-order valence-electron chi connectivity index (χ4n) is 2.72. The lowest BCUT2D eigenvalue weighted by atomic mass is 10.1. The van der Waals surface area contributed by atoms with Crippen LogP contribution in [0.2, 0.25) is 0 Å². The maximum Gasteiger partial charge on any atom is 0.296 e. The molecule has 0 fully saturated rings. The molecule has 0 radical (unpaired) electrons. The van der Waals surface area contributed by atoms with Gasteiger partial charge in [0.25, 0.3) is 5.91 Å². The SMILES string of the molecule is CCCCCCCCCCCC#CC(=O)NC(C)c1ccccc1. The van der Waals surface area contributed by atoms with Crippen LogP contribution in [0.15, 0.2) is 30.3 Å². The molecule has 0 bridgehead atoms. The molecule has 1 atom stereocenters. The number of carbonyl (C=O) groups excluding carboxylic acids is 1. The summed E-state index contributed by atoms with van der Waals surface area (Å²) in [5.74, 6) is 5.53. The van der Waals surface area contributed by atoms with Crippen molar-refractivity contribution in [1.82, 2.24) is 5.32 Å². The van der Waals surface area contributed by atoms with Gasteiger partial charge in [0.2, 0.25) is 0 Å². The van der Waals surface area contributed by atoms with Gasteiger partial charge in [-0.2, -0.15) is 0 Å². The minimum atomic E-state index is -0.178. The highest BCUT2D eigenvalue weighted by Crippen LogP contribution is 2.11. The zero-order chi connectivity index (χ0) is 17.5. The first-order valence-electron chi connectivity index (χ1n) is 9.58. The summed E-state index contributed by atoms with van der Waals surface area (Å²) in [6.07, 6.45) is 12.6. The van der Waals surface area contributed by atoms with Crippen LogP contribution >= 0.6 is 0 Å². The van der Waals surface area contributed by atoms with Gasteiger partial charge in [-0.05, 0) is 24.8 Å². The largest absolute Gasteiger partial charge is 0.339 e. The second-order valence-corrected chi connectivity index (χ2v) is 6.49. The van der Waals surface area contributed by atoms with Crippen LogP contribution in [0.4, 0.5) is 0 Å². The number of carbonyl (C=O) groups is 1. The Morgan fingerprint density at radius 2 is 1.54 bits per heavy atom. The van der Waals surface area contributed by atoms with Gasteiger partial charge in [0.05, 0.1) is 6.04 Å². The Kier molecular flexibility index (Phi) is 11.6. The summed E-state index contributed by atoms with van der Waals surface area (Å²) in [5, 5.41) is 2.92. The van der Waals surface area contributed by atoms with Crippen LogP contribution in [0.1, 0.15) is 89.7 Å². The Bertz CT molecular complexity index is 498. The Balaban J connectivity index is 2.04. The van der Waals surface area contributed by atoms with E-state index in [2.05, 4.69) is 24.1 Å². The highest BCUT2D eigenvalue weighted by atomic mass is 16.1. The van der Waals surface area contributed by atoms with E-state index in [4.69, 9.17) is 0 Å². The fourth-order valence-corrected chi connectivity index (χ4v) is 2.72. The molecule has 0 spiro atoms. The van der Waals surface area contributed by atoms with Gasteiger partial charge >= 0.3 is 0 Å². The third-order valence-electron chi connectivity index (χ3n) is 4.25. The molecule has 132 valence electrons. The summed E-state index contributed by atoms with van der Waals surface area (Å²) in [6, 6.07) is 9.96. The third-order valence-corrected chi connectivity index (χ3v) is 4.25. The fraction of sp³-hybridized carbons (Fsp3) is 0.591. The van der Waals surface area contributed by atoms with Crippen molar-refractivity contribution < 1.29 is 4.79 Å². The van der Waals surface area contributed by atoms with E-state index in [0.717, 1.165) is 18.4 Å². The van der Waals surface area contributed by atoms with Crippen molar-refractivity contribution in [2.75, 3.05) is 0 Å². The van der Waals surface area contributed by atoms with Crippen molar-refractivity contribution in [3.8, 4) is 11.8 Å². The molecule has 1 unspecified atom stereocenters. The van der Waals surface area contributed by atoms with Crippen LogP contribution in [-0.4, -0.2) is 5.91 Å². The summed E-state index contributed by atoms with van der Waals surface area (Å²) in [5.41, 5.74) is 1.10. The molecule has 0 saturated heterocycles. The molecule has 1 rings (SSSR count). The minimum absolute atomic E-state index is 0.000656. The molecular weight excluding hydrogens is 294 g/mol. The third kappa shape index (κ3) is 10.1. The van der Waals surface area contributed by atoms with Crippen LogP contribution < -0.4 is 5.32 Å². The predicted octanol–water partition coefficient (Wildman–Crippen LogP) is 5.79. The molecule has 0 aromatic heterocycles. The lowest BCUT2D eigenvalue weighted by molar-refractivity contribution is -0.116. The van der Waals surface area contributed by atoms with E-state index in [9.17, 15) is 4.79 Å². The normalized spacial score (nSPS) is 11.4. The predicted molar refractivity (Wildman–Crippen MR) is 103 cm³/mol. The molecule has 0 heterocycles. The molecule has 2 nitrogen and oxygen atoms in total. The van der Waals surface area contributed by atoms with Gasteiger partial charge in [-0.1, -0.05) is 94.5 Å². The molecule has 24 heavy (non-hydrogen) atoms. The van der Waals surface area contributed by atoms with Gasteiger partial charge < -0.3 is 5.32 Å². The standard InChI is InChI=1S/C22H33NO/c1-3-4-5-6-7-8-9-10-11-12-16-19-22(24)23-20(2)21-17-14-13-15-18-21/h13-15,17-18,20H,3-12H2,1-2H3,(H,23,24). The second kappa shape index (κ2) is 13.7. The van der Waals surface area contributed by atoms with Gasteiger partial charge in [-0.15, -0.1) is 0 Å². The highest BCUT2D eigenvalue weighted by Gasteiger charge is 2.06. The van der Waals surface area contributed by atoms with E-state index in [0.29, 0.717) is 0 Å². The first-order valence-corrected chi connectivity index (χ1v) is 9.58. The van der Waals surface area contributed by atoms with Gasteiger partial charge in [-0.3, -0.25) is 4.79 Å². The number of hydrogen-bond acceptors (Lipinski definition) is 1. The maximum absolute atomic E-state index is 11.8. The van der Waals surface area contributed by atoms with Crippen molar-refractivity contribution >= 4 is 5.91 Å². The summed E-state index contributed by atoms with van der Waals surface area (Å²) < 4.78 is 0. The lowest BCUT2D eigenvalue weighted by Gasteiger charge is -2.11. The summed E-state index contributed by atoms with van der Waals surface area (Å²) in [4.78, 5) is 11.8. The van der Waals surface area contributed by atoms with Crippen molar-refractivity contribution in [3.05, 3.63) is 35.9 Å². The van der Waals surface area contributed by atoms with Crippen molar-refractivity contribution in [2.45, 2.75) is 84.1 Å². The highest BCUT2D eigenvalue weighted by molar-refractivity contribution is 5.93. The average molecular weight is 328 g/mol. The van der Waals surface area contributed by atoms with Crippen LogP contribution in [0.25, 0.3) is 0 Å². The summed E-state index contributed by atoms with van der Waals surface area (Å²) in [7, 11) is 0. The lowest BCUT2D eigenvalue weighted by Crippen LogP contribution is -2.24. The summed E-state index contributed by atoms with van der Waals surface area (Å²) in [6.45, 7) is 4.24. The van der Waals surface area contributed by atoms with E-state index >= 15 is 0 Å². The Hall–Kier alpha value is -1.75. The first-order chi connectivity index (χ1) is 11.7. The molecule has 0 saturated carbocycles. The average Bonchev–Trinajstić information content (AvgIpc) is 2.60. The van der Waals surface area contributed by atoms with Crippen molar-refractivity contribution in [2.24, 2.45) is 0 Å². The van der Waals surface area contributed by atoms with E-state index in [1.54, 1.807) is 0 Å². The molecule has 1 amide bonds. The molecule has 1 aromatic carbocycles. The Morgan fingerprint density at radius 3 is 2.17 bits per heavy atom. The Labute approximate surface area is 148 Å². The molecule has 0 aliphatic carbocycles. The number of nitrogens with one attached hydrogen (secondary N) is 1. The molecule has 0 aliphatic rings. The molecule has 2 heteroatoms. The van der Waals surface area contributed by atoms with Crippen molar-refractivity contribution in [3.63, 3.8) is 0 Å². The van der Waals surface area contributed by atoms with Crippen molar-refractivity contribution in [1.29, 1.82) is 0 Å². The van der Waals surface area contributed by atoms with E-state index in [-0.39, 0.29) is 11.9 Å². The van der Waals surface area contributed by atoms with Gasteiger partial charge in [0, 0.05) is 6.42 Å². The number of unbranched alkanes of at least 4 members (excludes halogenated alkanes) is 9. The minimum Gasteiger partial charge on any atom is -0.339 e. The Morgan fingerprint density at radius 1 is 0.958 bits per heavy atom. The van der Waals surface area contributed by atoms with Gasteiger partial charge in [-0.25, -0.2) is 0 Å². The number of amides is 1. The maximum atomic E-state index is 11.8. The van der Waals surface area contributed by atoms with Gasteiger partial charge in [0.15, 0.2) is 0 Å². The smallest absolute Gasteiger partial charge is 0.296 e. The number of hydrogen-bond donors (Lipinski definition) is 1. The van der Waals surface area contributed by atoms with E-state index in [1.807, 2.05) is 37.3 Å². The quantitative estimate of drug-likeness (QED) is 0.404.